The Morgan fingerprint density at radius 2 is 2.05 bits per heavy atom. The Labute approximate surface area is 120 Å². The molecule has 0 aromatic rings. The van der Waals surface area contributed by atoms with Gasteiger partial charge in [-0.3, -0.25) is 9.59 Å². The van der Waals surface area contributed by atoms with Crippen molar-refractivity contribution in [2.75, 3.05) is 13.2 Å². The lowest BCUT2D eigenvalue weighted by atomic mass is 9.85. The third-order valence-electron chi connectivity index (χ3n) is 3.80. The average molecular weight is 302 g/mol. The SMILES string of the molecule is C=C1CCO[C@@]2(C(O)C(C)(O)CO)NC(=O)[C@@]1(O)NC2=O. The molecular formula is C12H18N2O7. The summed E-state index contributed by atoms with van der Waals surface area (Å²) in [5.74, 6) is -2.09. The first-order valence-electron chi connectivity index (χ1n) is 6.31. The van der Waals surface area contributed by atoms with Gasteiger partial charge in [-0.1, -0.05) is 6.58 Å². The highest BCUT2D eigenvalue weighted by Crippen LogP contribution is 2.32. The average Bonchev–Trinajstić information content (AvgIpc) is 2.42. The number of rotatable bonds is 3. The first-order chi connectivity index (χ1) is 9.60. The number of aliphatic hydroxyl groups excluding tert-OH is 2. The van der Waals surface area contributed by atoms with E-state index in [0.717, 1.165) is 6.92 Å². The van der Waals surface area contributed by atoms with Crippen molar-refractivity contribution in [1.82, 2.24) is 10.6 Å². The zero-order valence-electron chi connectivity index (χ0n) is 11.4. The van der Waals surface area contributed by atoms with Crippen LogP contribution in [0.25, 0.3) is 0 Å². The Balaban J connectivity index is 2.47. The van der Waals surface area contributed by atoms with E-state index in [2.05, 4.69) is 11.9 Å². The molecule has 0 saturated carbocycles. The van der Waals surface area contributed by atoms with Crippen molar-refractivity contribution in [2.45, 2.75) is 36.5 Å². The van der Waals surface area contributed by atoms with Crippen LogP contribution in [-0.4, -0.2) is 68.6 Å². The molecule has 2 amide bonds. The lowest BCUT2D eigenvalue weighted by Gasteiger charge is -2.49. The molecule has 3 aliphatic rings. The topological polar surface area (TPSA) is 148 Å². The van der Waals surface area contributed by atoms with Gasteiger partial charge in [-0.15, -0.1) is 0 Å². The van der Waals surface area contributed by atoms with Gasteiger partial charge in [0.05, 0.1) is 13.2 Å². The zero-order valence-corrected chi connectivity index (χ0v) is 11.4. The van der Waals surface area contributed by atoms with E-state index in [1.54, 1.807) is 0 Å². The minimum Gasteiger partial charge on any atom is -0.393 e. The smallest absolute Gasteiger partial charge is 0.280 e. The largest absolute Gasteiger partial charge is 0.393 e. The molecule has 3 fully saturated rings. The number of nitrogens with one attached hydrogen (secondary N) is 2. The molecule has 2 bridgehead atoms. The molecule has 3 saturated heterocycles. The van der Waals surface area contributed by atoms with Crippen LogP contribution in [0.2, 0.25) is 0 Å². The number of hydrogen-bond acceptors (Lipinski definition) is 7. The molecule has 9 heteroatoms. The Hall–Kier alpha value is -1.52. The van der Waals surface area contributed by atoms with Crippen molar-refractivity contribution in [3.63, 3.8) is 0 Å². The van der Waals surface area contributed by atoms with Gasteiger partial charge in [0, 0.05) is 0 Å². The lowest BCUT2D eigenvalue weighted by molar-refractivity contribution is -0.230. The van der Waals surface area contributed by atoms with Crippen LogP contribution in [0.3, 0.4) is 0 Å². The van der Waals surface area contributed by atoms with Crippen LogP contribution in [0.15, 0.2) is 12.2 Å². The van der Waals surface area contributed by atoms with Crippen LogP contribution in [0, 0.1) is 0 Å². The Morgan fingerprint density at radius 3 is 2.62 bits per heavy atom. The summed E-state index contributed by atoms with van der Waals surface area (Å²) in [4.78, 5) is 24.3. The lowest BCUT2D eigenvalue weighted by Crippen LogP contribution is -2.82. The van der Waals surface area contributed by atoms with E-state index in [9.17, 15) is 24.9 Å². The maximum Gasteiger partial charge on any atom is 0.280 e. The summed E-state index contributed by atoms with van der Waals surface area (Å²) in [7, 11) is 0. The molecule has 9 nitrogen and oxygen atoms in total. The van der Waals surface area contributed by atoms with Crippen LogP contribution < -0.4 is 10.6 Å². The molecule has 3 heterocycles. The molecule has 0 aliphatic carbocycles. The zero-order chi connectivity index (χ0) is 16.1. The molecule has 0 aromatic heterocycles. The number of amides is 2. The van der Waals surface area contributed by atoms with Gasteiger partial charge >= 0.3 is 0 Å². The minimum absolute atomic E-state index is 0.0325. The van der Waals surface area contributed by atoms with Crippen molar-refractivity contribution in [2.24, 2.45) is 0 Å². The van der Waals surface area contributed by atoms with E-state index in [4.69, 9.17) is 9.84 Å². The van der Waals surface area contributed by atoms with Gasteiger partial charge in [0.15, 0.2) is 0 Å². The number of ether oxygens (including phenoxy) is 1. The fraction of sp³-hybridized carbons (Fsp3) is 0.667. The van der Waals surface area contributed by atoms with Gasteiger partial charge in [-0.2, -0.15) is 0 Å². The number of fused-ring (bicyclic) bond motifs is 5. The summed E-state index contributed by atoms with van der Waals surface area (Å²) < 4.78 is 5.27. The fourth-order valence-electron chi connectivity index (χ4n) is 2.29. The van der Waals surface area contributed by atoms with Crippen LogP contribution in [0.4, 0.5) is 0 Å². The van der Waals surface area contributed by atoms with E-state index < -0.39 is 41.6 Å². The Kier molecular flexibility index (Phi) is 3.59. The minimum atomic E-state index is -2.31. The molecule has 0 aromatic carbocycles. The highest BCUT2D eigenvalue weighted by molar-refractivity contribution is 6.02. The van der Waals surface area contributed by atoms with Crippen LogP contribution in [-0.2, 0) is 14.3 Å². The van der Waals surface area contributed by atoms with E-state index in [-0.39, 0.29) is 18.6 Å². The monoisotopic (exact) mass is 302 g/mol. The Morgan fingerprint density at radius 1 is 1.43 bits per heavy atom. The van der Waals surface area contributed by atoms with Gasteiger partial charge < -0.3 is 35.8 Å². The van der Waals surface area contributed by atoms with E-state index in [1.807, 2.05) is 5.32 Å². The van der Waals surface area contributed by atoms with Crippen molar-refractivity contribution >= 4 is 11.8 Å². The van der Waals surface area contributed by atoms with Gasteiger partial charge in [0.1, 0.15) is 11.7 Å². The maximum absolute atomic E-state index is 12.2. The number of hydrogen-bond donors (Lipinski definition) is 6. The fourth-order valence-corrected chi connectivity index (χ4v) is 2.29. The molecule has 3 rings (SSSR count). The maximum atomic E-state index is 12.2. The number of carbonyl (C=O) groups excluding carboxylic acids is 2. The molecule has 4 atom stereocenters. The normalized spacial score (nSPS) is 37.1. The van der Waals surface area contributed by atoms with Crippen LogP contribution >= 0.6 is 0 Å². The highest BCUT2D eigenvalue weighted by Gasteiger charge is 2.63. The second-order valence-electron chi connectivity index (χ2n) is 5.47. The summed E-state index contributed by atoms with van der Waals surface area (Å²) in [6.45, 7) is 3.59. The van der Waals surface area contributed by atoms with Crippen molar-refractivity contribution in [3.8, 4) is 0 Å². The van der Waals surface area contributed by atoms with Crippen LogP contribution in [0.1, 0.15) is 13.3 Å². The van der Waals surface area contributed by atoms with Gasteiger partial charge in [-0.05, 0) is 18.9 Å². The summed E-state index contributed by atoms with van der Waals surface area (Å²) in [5, 5.41) is 43.6. The Bertz CT molecular complexity index is 506. The quantitative estimate of drug-likeness (QED) is 0.299. The molecular weight excluding hydrogens is 284 g/mol. The molecule has 21 heavy (non-hydrogen) atoms. The predicted molar refractivity (Wildman–Crippen MR) is 67.4 cm³/mol. The number of piperazine rings is 1. The standard InChI is InChI=1S/C12H18N2O7/c1-6-3-4-21-12(7(16)10(2,19)5-15)9(18)13-11(6,20)8(17)14-12/h7,15-16,19-20H,1,3-5H2,2H3,(H,13,18)(H,14,17)/t7?,10?,11-,12-/m1/s1. The van der Waals surface area contributed by atoms with Gasteiger partial charge in [-0.25, -0.2) is 0 Å². The molecule has 118 valence electrons. The third kappa shape index (κ3) is 2.14. The summed E-state index contributed by atoms with van der Waals surface area (Å²) in [6, 6.07) is 0. The highest BCUT2D eigenvalue weighted by atomic mass is 16.5. The van der Waals surface area contributed by atoms with Crippen molar-refractivity contribution < 1.29 is 34.8 Å². The molecule has 6 N–H and O–H groups in total. The molecule has 3 aliphatic heterocycles. The van der Waals surface area contributed by atoms with E-state index >= 15 is 0 Å². The summed E-state index contributed by atoms with van der Waals surface area (Å²) >= 11 is 0. The van der Waals surface area contributed by atoms with Crippen molar-refractivity contribution in [1.29, 1.82) is 0 Å². The van der Waals surface area contributed by atoms with Crippen LogP contribution in [0.5, 0.6) is 0 Å². The molecule has 0 spiro atoms. The summed E-state index contributed by atoms with van der Waals surface area (Å²) in [5.41, 5.74) is -6.69. The molecule has 2 unspecified atom stereocenters. The van der Waals surface area contributed by atoms with Gasteiger partial charge in [0.2, 0.25) is 5.72 Å². The number of carbonyl (C=O) groups is 2. The first kappa shape index (κ1) is 15.9. The third-order valence-corrected chi connectivity index (χ3v) is 3.80. The number of aliphatic hydroxyl groups is 4. The second kappa shape index (κ2) is 4.75. The predicted octanol–water partition coefficient (Wildman–Crippen LogP) is -3.30. The summed E-state index contributed by atoms with van der Waals surface area (Å²) in [6.07, 6.45) is -1.91. The van der Waals surface area contributed by atoms with E-state index in [1.165, 1.54) is 0 Å². The first-order valence-corrected chi connectivity index (χ1v) is 6.31. The second-order valence-corrected chi connectivity index (χ2v) is 5.47. The van der Waals surface area contributed by atoms with Crippen molar-refractivity contribution in [3.05, 3.63) is 12.2 Å². The van der Waals surface area contributed by atoms with Gasteiger partial charge in [0.25, 0.3) is 17.5 Å². The molecule has 0 radical (unpaired) electrons. The van der Waals surface area contributed by atoms with E-state index in [0.29, 0.717) is 0 Å².